The summed E-state index contributed by atoms with van der Waals surface area (Å²) in [6.45, 7) is 0.201. The molecule has 154 valence electrons. The van der Waals surface area contributed by atoms with E-state index in [0.29, 0.717) is 29.2 Å². The second-order valence-corrected chi connectivity index (χ2v) is 8.14. The lowest BCUT2D eigenvalue weighted by Crippen LogP contribution is -2.24. The van der Waals surface area contributed by atoms with Gasteiger partial charge in [0.2, 0.25) is 0 Å². The lowest BCUT2D eigenvalue weighted by Gasteiger charge is -2.21. The fraction of sp³-hybridized carbons (Fsp3) is 0.524. The summed E-state index contributed by atoms with van der Waals surface area (Å²) in [6, 6.07) is 5.92. The number of ether oxygens (including phenoxy) is 2. The van der Waals surface area contributed by atoms with Gasteiger partial charge < -0.3 is 14.0 Å². The minimum absolute atomic E-state index is 0.00540. The minimum Gasteiger partial charge on any atom is -0.405 e. The third kappa shape index (κ3) is 3.66. The molecule has 0 aliphatic heterocycles. The molecular weight excluding hydrogens is 387 g/mol. The van der Waals surface area contributed by atoms with Crippen molar-refractivity contribution >= 4 is 5.78 Å². The van der Waals surface area contributed by atoms with E-state index in [1.165, 1.54) is 18.2 Å². The van der Waals surface area contributed by atoms with Gasteiger partial charge in [-0.05, 0) is 43.7 Å². The van der Waals surface area contributed by atoms with Crippen molar-refractivity contribution in [2.45, 2.75) is 57.1 Å². The number of aromatic nitrogens is 1. The average molecular weight is 407 g/mol. The maximum atomic E-state index is 12.8. The second kappa shape index (κ2) is 6.86. The summed E-state index contributed by atoms with van der Waals surface area (Å²) in [4.78, 5) is 11.8. The molecule has 29 heavy (non-hydrogen) atoms. The molecular formula is C21H20F3NO4. The first-order valence-electron chi connectivity index (χ1n) is 9.87. The number of carbonyl (C=O) groups is 1. The molecule has 0 unspecified atom stereocenters. The summed E-state index contributed by atoms with van der Waals surface area (Å²) >= 11 is 0. The monoisotopic (exact) mass is 407 g/mol. The number of hydrogen-bond acceptors (Lipinski definition) is 5. The van der Waals surface area contributed by atoms with Crippen LogP contribution in [0.25, 0.3) is 11.3 Å². The average Bonchev–Trinajstić information content (AvgIpc) is 3.14. The van der Waals surface area contributed by atoms with E-state index >= 15 is 0 Å². The van der Waals surface area contributed by atoms with Gasteiger partial charge in [-0.2, -0.15) is 0 Å². The summed E-state index contributed by atoms with van der Waals surface area (Å²) in [7, 11) is 0. The predicted octanol–water partition coefficient (Wildman–Crippen LogP) is 5.00. The first kappa shape index (κ1) is 18.7. The van der Waals surface area contributed by atoms with Gasteiger partial charge in [0.1, 0.15) is 23.0 Å². The lowest BCUT2D eigenvalue weighted by molar-refractivity contribution is -0.274. The zero-order valence-corrected chi connectivity index (χ0v) is 15.6. The Kier molecular flexibility index (Phi) is 4.42. The number of alkyl halides is 3. The summed E-state index contributed by atoms with van der Waals surface area (Å²) < 4.78 is 54.4. The highest BCUT2D eigenvalue weighted by Crippen LogP contribution is 2.47. The van der Waals surface area contributed by atoms with Gasteiger partial charge in [0.05, 0.1) is 12.7 Å². The highest BCUT2D eigenvalue weighted by molar-refractivity contribution is 5.84. The van der Waals surface area contributed by atoms with Gasteiger partial charge in [-0.3, -0.25) is 4.79 Å². The van der Waals surface area contributed by atoms with Crippen molar-refractivity contribution in [3.8, 4) is 17.0 Å². The number of nitrogens with zero attached hydrogens (tertiary/aromatic N) is 1. The third-order valence-corrected chi connectivity index (χ3v) is 6.12. The first-order valence-corrected chi connectivity index (χ1v) is 9.87. The Hall–Kier alpha value is -2.35. The topological polar surface area (TPSA) is 61.6 Å². The van der Waals surface area contributed by atoms with Crippen LogP contribution in [0.3, 0.4) is 0 Å². The SMILES string of the molecule is O=C1C[C@@H]2C[C@H]1C[C@@H]2OCc1c(-c2ccccc2OC(F)(F)F)noc1C1CC1. The molecule has 1 aromatic carbocycles. The molecule has 0 saturated heterocycles. The molecule has 2 bridgehead atoms. The van der Waals surface area contributed by atoms with E-state index in [4.69, 9.17) is 9.26 Å². The van der Waals surface area contributed by atoms with E-state index < -0.39 is 6.36 Å². The molecule has 3 atom stereocenters. The van der Waals surface area contributed by atoms with Crippen LogP contribution in [0.15, 0.2) is 28.8 Å². The van der Waals surface area contributed by atoms with Crippen LogP contribution in [0.4, 0.5) is 13.2 Å². The number of halogens is 3. The normalized spacial score (nSPS) is 26.3. The highest BCUT2D eigenvalue weighted by Gasteiger charge is 2.46. The minimum atomic E-state index is -4.80. The molecule has 5 rings (SSSR count). The Balaban J connectivity index is 1.43. The molecule has 8 heteroatoms. The van der Waals surface area contributed by atoms with Gasteiger partial charge in [-0.25, -0.2) is 0 Å². The number of Topliss-reactive ketones (excluding diaryl/α,β-unsaturated/α-hetero) is 1. The van der Waals surface area contributed by atoms with Gasteiger partial charge in [0, 0.05) is 29.4 Å². The Labute approximate surface area is 165 Å². The Morgan fingerprint density at radius 1 is 1.14 bits per heavy atom. The van der Waals surface area contributed by atoms with Crippen molar-refractivity contribution in [1.29, 1.82) is 0 Å². The van der Waals surface area contributed by atoms with Crippen LogP contribution >= 0.6 is 0 Å². The molecule has 3 fully saturated rings. The summed E-state index contributed by atoms with van der Waals surface area (Å²) in [6.07, 6.45) is -0.728. The molecule has 5 nitrogen and oxygen atoms in total. The Morgan fingerprint density at radius 3 is 2.59 bits per heavy atom. The van der Waals surface area contributed by atoms with Crippen molar-refractivity contribution < 1.29 is 32.0 Å². The first-order chi connectivity index (χ1) is 13.9. The van der Waals surface area contributed by atoms with E-state index in [9.17, 15) is 18.0 Å². The van der Waals surface area contributed by atoms with Crippen LogP contribution in [0.5, 0.6) is 5.75 Å². The molecule has 1 aromatic heterocycles. The third-order valence-electron chi connectivity index (χ3n) is 6.12. The van der Waals surface area contributed by atoms with Crippen LogP contribution in [-0.2, 0) is 16.1 Å². The zero-order valence-electron chi connectivity index (χ0n) is 15.6. The van der Waals surface area contributed by atoms with E-state index in [1.807, 2.05) is 0 Å². The molecule has 3 aliphatic carbocycles. The zero-order chi connectivity index (χ0) is 20.2. The summed E-state index contributed by atoms with van der Waals surface area (Å²) in [5, 5.41) is 4.09. The molecule has 0 spiro atoms. The van der Waals surface area contributed by atoms with Crippen LogP contribution < -0.4 is 4.74 Å². The van der Waals surface area contributed by atoms with Crippen LogP contribution in [0.1, 0.15) is 49.3 Å². The van der Waals surface area contributed by atoms with Crippen molar-refractivity contribution in [3.63, 3.8) is 0 Å². The van der Waals surface area contributed by atoms with Crippen LogP contribution in [0.2, 0.25) is 0 Å². The van der Waals surface area contributed by atoms with Gasteiger partial charge in [0.15, 0.2) is 0 Å². The standard InChI is InChI=1S/C21H20F3NO4/c22-21(23,24)28-17-4-2-1-3-14(17)19-15(20(29-25-19)11-5-6-11)10-27-18-9-12-7-13(18)8-16(12)26/h1-4,11-13,18H,5-10H2/t12-,13-,18-/m0/s1. The molecule has 3 aliphatic rings. The Bertz CT molecular complexity index is 934. The number of carbonyl (C=O) groups excluding carboxylic acids is 1. The summed E-state index contributed by atoms with van der Waals surface area (Å²) in [5.41, 5.74) is 1.23. The van der Waals surface area contributed by atoms with E-state index in [0.717, 1.165) is 25.7 Å². The number of rotatable bonds is 6. The van der Waals surface area contributed by atoms with Crippen molar-refractivity contribution in [2.24, 2.45) is 11.8 Å². The fourth-order valence-corrected chi connectivity index (χ4v) is 4.60. The maximum Gasteiger partial charge on any atom is 0.573 e. The van der Waals surface area contributed by atoms with Crippen molar-refractivity contribution in [3.05, 3.63) is 35.6 Å². The van der Waals surface area contributed by atoms with Crippen molar-refractivity contribution in [2.75, 3.05) is 0 Å². The predicted molar refractivity (Wildman–Crippen MR) is 95.0 cm³/mol. The quantitative estimate of drug-likeness (QED) is 0.674. The van der Waals surface area contributed by atoms with Crippen LogP contribution in [-0.4, -0.2) is 23.4 Å². The van der Waals surface area contributed by atoms with Gasteiger partial charge in [-0.1, -0.05) is 17.3 Å². The van der Waals surface area contributed by atoms with Crippen molar-refractivity contribution in [1.82, 2.24) is 5.16 Å². The van der Waals surface area contributed by atoms with Gasteiger partial charge in [-0.15, -0.1) is 13.2 Å². The largest absolute Gasteiger partial charge is 0.573 e. The molecule has 3 saturated carbocycles. The van der Waals surface area contributed by atoms with E-state index in [2.05, 4.69) is 9.89 Å². The van der Waals surface area contributed by atoms with Gasteiger partial charge in [0.25, 0.3) is 0 Å². The maximum absolute atomic E-state index is 12.8. The van der Waals surface area contributed by atoms with Gasteiger partial charge >= 0.3 is 6.36 Å². The number of para-hydroxylation sites is 1. The number of hydrogen-bond donors (Lipinski definition) is 0. The molecule has 0 N–H and O–H groups in total. The number of benzene rings is 1. The second-order valence-electron chi connectivity index (χ2n) is 8.14. The van der Waals surface area contributed by atoms with E-state index in [1.54, 1.807) is 6.07 Å². The molecule has 2 aromatic rings. The smallest absolute Gasteiger partial charge is 0.405 e. The number of ketones is 1. The van der Waals surface area contributed by atoms with E-state index in [-0.39, 0.29) is 41.8 Å². The molecule has 0 amide bonds. The number of fused-ring (bicyclic) bond motifs is 2. The Morgan fingerprint density at radius 2 is 1.93 bits per heavy atom. The molecule has 0 radical (unpaired) electrons. The fourth-order valence-electron chi connectivity index (χ4n) is 4.60. The lowest BCUT2D eigenvalue weighted by atomic mass is 9.96. The molecule has 1 heterocycles. The summed E-state index contributed by atoms with van der Waals surface area (Å²) in [5.74, 6) is 1.24. The highest BCUT2D eigenvalue weighted by atomic mass is 19.4. The van der Waals surface area contributed by atoms with Crippen LogP contribution in [0, 0.1) is 11.8 Å².